The minimum atomic E-state index is -0.260. The van der Waals surface area contributed by atoms with Gasteiger partial charge in [0.05, 0.1) is 6.04 Å². The summed E-state index contributed by atoms with van der Waals surface area (Å²) in [5.74, 6) is -0.210. The van der Waals surface area contributed by atoms with Crippen molar-refractivity contribution in [2.24, 2.45) is 0 Å². The first kappa shape index (κ1) is 14.0. The average molecular weight is 264 g/mol. The first-order valence-corrected chi connectivity index (χ1v) is 6.83. The number of carbonyl (C=O) groups is 1. The highest BCUT2D eigenvalue weighted by Crippen LogP contribution is 2.26. The molecule has 1 aliphatic heterocycles. The predicted octanol–water partition coefficient (Wildman–Crippen LogP) is 2.63. The lowest BCUT2D eigenvalue weighted by Crippen LogP contribution is -2.52. The molecule has 0 aliphatic carbocycles. The number of nitrogens with one attached hydrogen (secondary N) is 1. The summed E-state index contributed by atoms with van der Waals surface area (Å²) in [7, 11) is 0. The number of carbonyl (C=O) groups excluding carboxylic acids is 1. The normalized spacial score (nSPS) is 20.2. The molecule has 19 heavy (non-hydrogen) atoms. The van der Waals surface area contributed by atoms with Crippen LogP contribution in [0.2, 0.25) is 0 Å². The van der Waals surface area contributed by atoms with E-state index >= 15 is 0 Å². The second-order valence-corrected chi connectivity index (χ2v) is 5.39. The van der Waals surface area contributed by atoms with Crippen molar-refractivity contribution in [1.82, 2.24) is 5.32 Å². The minimum Gasteiger partial charge on any atom is -0.311 e. The molecule has 3 nitrogen and oxygen atoms in total. The van der Waals surface area contributed by atoms with Gasteiger partial charge in [0, 0.05) is 23.8 Å². The lowest BCUT2D eigenvalue weighted by atomic mass is 10.0. The first-order chi connectivity index (χ1) is 9.00. The number of piperidine rings is 1. The Labute approximate surface area is 113 Å². The Morgan fingerprint density at radius 3 is 2.84 bits per heavy atom. The van der Waals surface area contributed by atoms with Crippen molar-refractivity contribution < 1.29 is 9.18 Å². The first-order valence-electron chi connectivity index (χ1n) is 6.83. The van der Waals surface area contributed by atoms with Gasteiger partial charge in [0.25, 0.3) is 0 Å². The SMILES string of the molecule is Cc1c(F)cccc1N1CCCC(NC(C)C)C1=O. The fourth-order valence-corrected chi connectivity index (χ4v) is 2.56. The highest BCUT2D eigenvalue weighted by molar-refractivity contribution is 5.98. The molecular formula is C15H21FN2O. The molecule has 0 radical (unpaired) electrons. The van der Waals surface area contributed by atoms with Crippen LogP contribution < -0.4 is 10.2 Å². The van der Waals surface area contributed by atoms with E-state index in [2.05, 4.69) is 5.32 Å². The summed E-state index contributed by atoms with van der Waals surface area (Å²) >= 11 is 0. The van der Waals surface area contributed by atoms with E-state index in [0.29, 0.717) is 17.8 Å². The van der Waals surface area contributed by atoms with Gasteiger partial charge in [0.15, 0.2) is 0 Å². The number of rotatable bonds is 3. The molecule has 1 amide bonds. The molecule has 1 aromatic rings. The van der Waals surface area contributed by atoms with Gasteiger partial charge >= 0.3 is 0 Å². The number of hydrogen-bond acceptors (Lipinski definition) is 2. The molecule has 0 saturated carbocycles. The molecule has 1 aliphatic rings. The predicted molar refractivity (Wildman–Crippen MR) is 74.8 cm³/mol. The number of nitrogens with zero attached hydrogens (tertiary/aromatic N) is 1. The average Bonchev–Trinajstić information content (AvgIpc) is 2.35. The van der Waals surface area contributed by atoms with Gasteiger partial charge in [0.2, 0.25) is 5.91 Å². The highest BCUT2D eigenvalue weighted by Gasteiger charge is 2.30. The summed E-state index contributed by atoms with van der Waals surface area (Å²) in [6.45, 7) is 6.44. The molecule has 4 heteroatoms. The summed E-state index contributed by atoms with van der Waals surface area (Å²) in [6.07, 6.45) is 1.79. The zero-order chi connectivity index (χ0) is 14.0. The zero-order valence-corrected chi connectivity index (χ0v) is 11.7. The third-order valence-electron chi connectivity index (χ3n) is 3.50. The molecule has 0 aromatic heterocycles. The van der Waals surface area contributed by atoms with E-state index in [1.807, 2.05) is 19.9 Å². The minimum absolute atomic E-state index is 0.0497. The number of halogens is 1. The number of hydrogen-bond donors (Lipinski definition) is 1. The molecule has 104 valence electrons. The standard InChI is InChI=1S/C15H21FN2O/c1-10(2)17-13-7-5-9-18(15(13)19)14-8-4-6-12(16)11(14)3/h4,6,8,10,13,17H,5,7,9H2,1-3H3. The van der Waals surface area contributed by atoms with Gasteiger partial charge in [-0.2, -0.15) is 0 Å². The van der Waals surface area contributed by atoms with E-state index in [0.717, 1.165) is 12.8 Å². The van der Waals surface area contributed by atoms with Crippen LogP contribution in [-0.2, 0) is 4.79 Å². The van der Waals surface area contributed by atoms with Gasteiger partial charge in [-0.05, 0) is 31.9 Å². The number of amides is 1. The Morgan fingerprint density at radius 2 is 2.16 bits per heavy atom. The van der Waals surface area contributed by atoms with Crippen molar-refractivity contribution >= 4 is 11.6 Å². The Hall–Kier alpha value is -1.42. The molecular weight excluding hydrogens is 243 g/mol. The fourth-order valence-electron chi connectivity index (χ4n) is 2.56. The molecule has 1 saturated heterocycles. The quantitative estimate of drug-likeness (QED) is 0.910. The van der Waals surface area contributed by atoms with Crippen LogP contribution >= 0.6 is 0 Å². The van der Waals surface area contributed by atoms with Crippen LogP contribution in [0, 0.1) is 12.7 Å². The molecule has 1 aromatic carbocycles. The number of benzene rings is 1. The van der Waals surface area contributed by atoms with Crippen LogP contribution in [0.25, 0.3) is 0 Å². The summed E-state index contributed by atoms with van der Waals surface area (Å²) in [6, 6.07) is 5.01. The van der Waals surface area contributed by atoms with E-state index in [4.69, 9.17) is 0 Å². The van der Waals surface area contributed by atoms with Crippen LogP contribution in [0.4, 0.5) is 10.1 Å². The van der Waals surface area contributed by atoms with Gasteiger partial charge in [-0.3, -0.25) is 4.79 Å². The van der Waals surface area contributed by atoms with Crippen LogP contribution in [0.3, 0.4) is 0 Å². The fraction of sp³-hybridized carbons (Fsp3) is 0.533. The smallest absolute Gasteiger partial charge is 0.244 e. The van der Waals surface area contributed by atoms with Crippen molar-refractivity contribution in [3.8, 4) is 0 Å². The third kappa shape index (κ3) is 2.95. The van der Waals surface area contributed by atoms with Crippen LogP contribution in [0.15, 0.2) is 18.2 Å². The molecule has 1 unspecified atom stereocenters. The van der Waals surface area contributed by atoms with Gasteiger partial charge in [-0.15, -0.1) is 0 Å². The van der Waals surface area contributed by atoms with Crippen molar-refractivity contribution in [2.75, 3.05) is 11.4 Å². The van der Waals surface area contributed by atoms with E-state index in [-0.39, 0.29) is 23.8 Å². The Kier molecular flexibility index (Phi) is 4.20. The maximum atomic E-state index is 13.6. The Morgan fingerprint density at radius 1 is 1.42 bits per heavy atom. The molecule has 0 spiro atoms. The second-order valence-electron chi connectivity index (χ2n) is 5.39. The van der Waals surface area contributed by atoms with E-state index in [1.54, 1.807) is 17.9 Å². The van der Waals surface area contributed by atoms with Gasteiger partial charge < -0.3 is 10.2 Å². The van der Waals surface area contributed by atoms with Gasteiger partial charge in [0.1, 0.15) is 5.82 Å². The summed E-state index contributed by atoms with van der Waals surface area (Å²) < 4.78 is 13.6. The third-order valence-corrected chi connectivity index (χ3v) is 3.50. The van der Waals surface area contributed by atoms with Crippen LogP contribution in [-0.4, -0.2) is 24.5 Å². The Bertz CT molecular complexity index is 473. The van der Waals surface area contributed by atoms with E-state index in [1.165, 1.54) is 6.07 Å². The van der Waals surface area contributed by atoms with Crippen LogP contribution in [0.1, 0.15) is 32.3 Å². The van der Waals surface area contributed by atoms with E-state index in [9.17, 15) is 9.18 Å². The second kappa shape index (κ2) is 5.70. The monoisotopic (exact) mass is 264 g/mol. The molecule has 1 N–H and O–H groups in total. The maximum Gasteiger partial charge on any atom is 0.244 e. The zero-order valence-electron chi connectivity index (χ0n) is 11.7. The van der Waals surface area contributed by atoms with Crippen molar-refractivity contribution in [2.45, 2.75) is 45.7 Å². The summed E-state index contributed by atoms with van der Waals surface area (Å²) in [5, 5.41) is 3.28. The summed E-state index contributed by atoms with van der Waals surface area (Å²) in [4.78, 5) is 14.2. The van der Waals surface area contributed by atoms with E-state index < -0.39 is 0 Å². The van der Waals surface area contributed by atoms with Crippen LogP contribution in [0.5, 0.6) is 0 Å². The maximum absolute atomic E-state index is 13.6. The van der Waals surface area contributed by atoms with Crippen molar-refractivity contribution in [3.05, 3.63) is 29.6 Å². The lowest BCUT2D eigenvalue weighted by Gasteiger charge is -2.34. The molecule has 1 heterocycles. The molecule has 1 fully saturated rings. The topological polar surface area (TPSA) is 32.3 Å². The van der Waals surface area contributed by atoms with Gasteiger partial charge in [-0.1, -0.05) is 19.9 Å². The summed E-state index contributed by atoms with van der Waals surface area (Å²) in [5.41, 5.74) is 1.24. The molecule has 0 bridgehead atoms. The lowest BCUT2D eigenvalue weighted by molar-refractivity contribution is -0.121. The Balaban J connectivity index is 2.24. The highest BCUT2D eigenvalue weighted by atomic mass is 19.1. The molecule has 1 atom stereocenters. The van der Waals surface area contributed by atoms with Crippen molar-refractivity contribution in [1.29, 1.82) is 0 Å². The molecule has 2 rings (SSSR count). The van der Waals surface area contributed by atoms with Gasteiger partial charge in [-0.25, -0.2) is 4.39 Å². The largest absolute Gasteiger partial charge is 0.311 e. The van der Waals surface area contributed by atoms with Crippen molar-refractivity contribution in [3.63, 3.8) is 0 Å². The number of anilines is 1.